The van der Waals surface area contributed by atoms with Gasteiger partial charge in [0.05, 0.1) is 0 Å². The number of aryl methyl sites for hydroxylation is 2. The Morgan fingerprint density at radius 2 is 1.48 bits per heavy atom. The topological polar surface area (TPSA) is 76.0 Å². The molecule has 0 aliphatic heterocycles. The van der Waals surface area contributed by atoms with Crippen LogP contribution in [0.5, 0.6) is 0 Å². The highest BCUT2D eigenvalue weighted by Gasteiger charge is 2.19. The molecule has 0 aliphatic rings. The quantitative estimate of drug-likeness (QED) is 0.675. The molecule has 1 heterocycles. The van der Waals surface area contributed by atoms with Crippen molar-refractivity contribution in [3.05, 3.63) is 77.1 Å². The van der Waals surface area contributed by atoms with Gasteiger partial charge < -0.3 is 10.6 Å². The van der Waals surface area contributed by atoms with E-state index in [4.69, 9.17) is 0 Å². The number of hydrogen-bond acceptors (Lipinski definition) is 3. The summed E-state index contributed by atoms with van der Waals surface area (Å²) in [4.78, 5) is 24.9. The lowest BCUT2D eigenvalue weighted by atomic mass is 10.2. The predicted molar refractivity (Wildman–Crippen MR) is 106 cm³/mol. The van der Waals surface area contributed by atoms with Crippen LogP contribution in [0.1, 0.15) is 34.6 Å². The highest BCUT2D eigenvalue weighted by atomic mass is 19.1. The molecule has 29 heavy (non-hydrogen) atoms. The number of nitrogens with zero attached hydrogens (tertiary/aromatic N) is 2. The van der Waals surface area contributed by atoms with Gasteiger partial charge in [0, 0.05) is 17.6 Å². The van der Waals surface area contributed by atoms with Crippen LogP contribution in [-0.4, -0.2) is 21.6 Å². The lowest BCUT2D eigenvalue weighted by Gasteiger charge is -2.14. The van der Waals surface area contributed by atoms with E-state index in [1.165, 1.54) is 53.3 Å². The molecular formula is C21H20F2N4O2. The van der Waals surface area contributed by atoms with Gasteiger partial charge in [-0.15, -0.1) is 0 Å². The standard InChI is InChI=1S/C21H20F2N4O2/c1-12-10-15(22)4-6-17(12)24-20(28)14(3)27-9-8-19(26-27)21(29)25-18-7-5-16(23)11-13(18)2/h4-11,14H,1-3H3,(H,24,28)(H,25,29)/t14-/m1/s1. The molecule has 8 heteroatoms. The van der Waals surface area contributed by atoms with Gasteiger partial charge in [0.2, 0.25) is 5.91 Å². The van der Waals surface area contributed by atoms with E-state index in [0.717, 1.165) is 0 Å². The van der Waals surface area contributed by atoms with Gasteiger partial charge >= 0.3 is 0 Å². The molecule has 2 aromatic carbocycles. The fraction of sp³-hybridized carbons (Fsp3) is 0.190. The van der Waals surface area contributed by atoms with E-state index in [-0.39, 0.29) is 23.2 Å². The molecule has 6 nitrogen and oxygen atoms in total. The van der Waals surface area contributed by atoms with Crippen molar-refractivity contribution in [2.24, 2.45) is 0 Å². The second-order valence-electron chi connectivity index (χ2n) is 6.72. The lowest BCUT2D eigenvalue weighted by molar-refractivity contribution is -0.119. The first-order valence-corrected chi connectivity index (χ1v) is 8.94. The molecule has 0 saturated carbocycles. The Balaban J connectivity index is 1.69. The van der Waals surface area contributed by atoms with Crippen molar-refractivity contribution in [1.29, 1.82) is 0 Å². The summed E-state index contributed by atoms with van der Waals surface area (Å²) in [5.74, 6) is -1.60. The summed E-state index contributed by atoms with van der Waals surface area (Å²) in [5, 5.41) is 9.56. The molecule has 150 valence electrons. The number of halogens is 2. The first-order chi connectivity index (χ1) is 13.7. The first-order valence-electron chi connectivity index (χ1n) is 8.94. The van der Waals surface area contributed by atoms with Gasteiger partial charge in [-0.3, -0.25) is 14.3 Å². The predicted octanol–water partition coefficient (Wildman–Crippen LogP) is 4.23. The van der Waals surface area contributed by atoms with Gasteiger partial charge in [-0.05, 0) is 74.4 Å². The number of aromatic nitrogens is 2. The fourth-order valence-corrected chi connectivity index (χ4v) is 2.75. The van der Waals surface area contributed by atoms with Crippen molar-refractivity contribution >= 4 is 23.2 Å². The minimum Gasteiger partial charge on any atom is -0.324 e. The zero-order chi connectivity index (χ0) is 21.1. The summed E-state index contributed by atoms with van der Waals surface area (Å²) >= 11 is 0. The molecular weight excluding hydrogens is 378 g/mol. The first kappa shape index (κ1) is 20.2. The minimum atomic E-state index is -0.700. The summed E-state index contributed by atoms with van der Waals surface area (Å²) in [7, 11) is 0. The van der Waals surface area contributed by atoms with Crippen LogP contribution in [0.2, 0.25) is 0 Å². The summed E-state index contributed by atoms with van der Waals surface area (Å²) in [6, 6.07) is 8.91. The second-order valence-corrected chi connectivity index (χ2v) is 6.72. The van der Waals surface area contributed by atoms with Crippen LogP contribution in [0.15, 0.2) is 48.7 Å². The second kappa shape index (κ2) is 8.22. The molecule has 2 amide bonds. The number of carbonyl (C=O) groups excluding carboxylic acids is 2. The largest absolute Gasteiger partial charge is 0.324 e. The average Bonchev–Trinajstić information content (AvgIpc) is 3.16. The van der Waals surface area contributed by atoms with Crippen LogP contribution < -0.4 is 10.6 Å². The van der Waals surface area contributed by atoms with E-state index in [1.54, 1.807) is 20.8 Å². The number of anilines is 2. The molecule has 0 saturated heterocycles. The maximum atomic E-state index is 13.2. The third kappa shape index (κ3) is 4.66. The molecule has 3 aromatic rings. The third-order valence-electron chi connectivity index (χ3n) is 4.50. The highest BCUT2D eigenvalue weighted by molar-refractivity contribution is 6.03. The van der Waals surface area contributed by atoms with Crippen LogP contribution >= 0.6 is 0 Å². The van der Waals surface area contributed by atoms with Crippen LogP contribution in [-0.2, 0) is 4.79 Å². The van der Waals surface area contributed by atoms with E-state index < -0.39 is 11.9 Å². The SMILES string of the molecule is Cc1cc(F)ccc1NC(=O)c1ccn([C@H](C)C(=O)Nc2ccc(F)cc2C)n1. The smallest absolute Gasteiger partial charge is 0.276 e. The van der Waals surface area contributed by atoms with Crippen LogP contribution in [0.4, 0.5) is 20.2 Å². The molecule has 1 aromatic heterocycles. The highest BCUT2D eigenvalue weighted by Crippen LogP contribution is 2.19. The van der Waals surface area contributed by atoms with Crippen molar-refractivity contribution in [1.82, 2.24) is 9.78 Å². The Labute approximate surface area is 166 Å². The van der Waals surface area contributed by atoms with Crippen molar-refractivity contribution in [2.45, 2.75) is 26.8 Å². The molecule has 3 rings (SSSR count). The fourth-order valence-electron chi connectivity index (χ4n) is 2.75. The number of nitrogens with one attached hydrogen (secondary N) is 2. The van der Waals surface area contributed by atoms with Gasteiger partial charge in [-0.1, -0.05) is 0 Å². The summed E-state index contributed by atoms with van der Waals surface area (Å²) in [6.07, 6.45) is 1.52. The Morgan fingerprint density at radius 1 is 0.931 bits per heavy atom. The molecule has 1 atom stereocenters. The van der Waals surface area contributed by atoms with Crippen molar-refractivity contribution < 1.29 is 18.4 Å². The number of benzene rings is 2. The summed E-state index contributed by atoms with van der Waals surface area (Å²) < 4.78 is 27.8. The Hall–Kier alpha value is -3.55. The Kier molecular flexibility index (Phi) is 5.72. The van der Waals surface area contributed by atoms with E-state index in [0.29, 0.717) is 22.5 Å². The lowest BCUT2D eigenvalue weighted by Crippen LogP contribution is -2.25. The van der Waals surface area contributed by atoms with Crippen LogP contribution in [0.3, 0.4) is 0 Å². The molecule has 0 spiro atoms. The van der Waals surface area contributed by atoms with Gasteiger partial charge in [-0.25, -0.2) is 8.78 Å². The van der Waals surface area contributed by atoms with Gasteiger partial charge in [0.1, 0.15) is 17.7 Å². The Morgan fingerprint density at radius 3 is 2.03 bits per heavy atom. The van der Waals surface area contributed by atoms with E-state index in [1.807, 2.05) is 0 Å². The van der Waals surface area contributed by atoms with Crippen molar-refractivity contribution in [3.8, 4) is 0 Å². The molecule has 0 bridgehead atoms. The molecule has 0 unspecified atom stereocenters. The van der Waals surface area contributed by atoms with Gasteiger partial charge in [-0.2, -0.15) is 5.10 Å². The molecule has 2 N–H and O–H groups in total. The summed E-state index contributed by atoms with van der Waals surface area (Å²) in [5.41, 5.74) is 2.27. The molecule has 0 radical (unpaired) electrons. The molecule has 0 aliphatic carbocycles. The Bertz CT molecular complexity index is 1080. The van der Waals surface area contributed by atoms with Gasteiger partial charge in [0.25, 0.3) is 5.91 Å². The zero-order valence-electron chi connectivity index (χ0n) is 16.2. The maximum Gasteiger partial charge on any atom is 0.276 e. The average molecular weight is 398 g/mol. The third-order valence-corrected chi connectivity index (χ3v) is 4.50. The number of carbonyl (C=O) groups is 2. The number of rotatable bonds is 5. The number of hydrogen-bond donors (Lipinski definition) is 2. The van der Waals surface area contributed by atoms with E-state index in [9.17, 15) is 18.4 Å². The van der Waals surface area contributed by atoms with Gasteiger partial charge in [0.15, 0.2) is 5.69 Å². The van der Waals surface area contributed by atoms with E-state index >= 15 is 0 Å². The van der Waals surface area contributed by atoms with Crippen LogP contribution in [0, 0.1) is 25.5 Å². The van der Waals surface area contributed by atoms with Crippen molar-refractivity contribution in [2.75, 3.05) is 10.6 Å². The maximum absolute atomic E-state index is 13.2. The monoisotopic (exact) mass is 398 g/mol. The zero-order valence-corrected chi connectivity index (χ0v) is 16.2. The normalized spacial score (nSPS) is 11.8. The van der Waals surface area contributed by atoms with Crippen LogP contribution in [0.25, 0.3) is 0 Å². The summed E-state index contributed by atoms with van der Waals surface area (Å²) in [6.45, 7) is 5.01. The van der Waals surface area contributed by atoms with Crippen molar-refractivity contribution in [3.63, 3.8) is 0 Å². The minimum absolute atomic E-state index is 0.117. The number of amides is 2. The molecule has 0 fully saturated rings. The van der Waals surface area contributed by atoms with E-state index in [2.05, 4.69) is 15.7 Å².